The molecular formula is C14H19NO3. The van der Waals surface area contributed by atoms with Crippen LogP contribution in [0.15, 0.2) is 18.2 Å². The fraction of sp³-hybridized carbons (Fsp3) is 0.500. The minimum absolute atomic E-state index is 0.0186. The number of rotatable bonds is 2. The zero-order chi connectivity index (χ0) is 13.1. The lowest BCUT2D eigenvalue weighted by Gasteiger charge is -2.27. The number of amides is 1. The molecule has 0 heterocycles. The lowest BCUT2D eigenvalue weighted by Crippen LogP contribution is -2.37. The zero-order valence-corrected chi connectivity index (χ0v) is 10.5. The van der Waals surface area contributed by atoms with E-state index in [-0.39, 0.29) is 29.0 Å². The standard InChI is InChI=1S/C14H19NO3/c1-9-3-2-4-10(7-9)15-14(18)12-8-11(16)5-6-13(12)17/h5-6,8-10,16-17H,2-4,7H2,1H3,(H,15,18). The first-order valence-corrected chi connectivity index (χ1v) is 6.39. The van der Waals surface area contributed by atoms with Gasteiger partial charge in [0, 0.05) is 6.04 Å². The quantitative estimate of drug-likeness (QED) is 0.705. The highest BCUT2D eigenvalue weighted by Gasteiger charge is 2.22. The minimum Gasteiger partial charge on any atom is -0.508 e. The van der Waals surface area contributed by atoms with Crippen molar-refractivity contribution in [3.8, 4) is 11.5 Å². The van der Waals surface area contributed by atoms with Crippen LogP contribution in [0, 0.1) is 5.92 Å². The normalized spacial score (nSPS) is 23.6. The summed E-state index contributed by atoms with van der Waals surface area (Å²) in [6, 6.07) is 4.14. The Labute approximate surface area is 107 Å². The average Bonchev–Trinajstić information content (AvgIpc) is 2.32. The molecule has 98 valence electrons. The Morgan fingerprint density at radius 2 is 2.11 bits per heavy atom. The minimum atomic E-state index is -0.317. The van der Waals surface area contributed by atoms with Crippen LogP contribution in [-0.2, 0) is 0 Å². The van der Waals surface area contributed by atoms with E-state index >= 15 is 0 Å². The summed E-state index contributed by atoms with van der Waals surface area (Å²) in [5.41, 5.74) is 0.133. The number of benzene rings is 1. The molecule has 1 aromatic rings. The van der Waals surface area contributed by atoms with Gasteiger partial charge in [-0.2, -0.15) is 0 Å². The summed E-state index contributed by atoms with van der Waals surface area (Å²) < 4.78 is 0. The van der Waals surface area contributed by atoms with Gasteiger partial charge in [0.05, 0.1) is 5.56 Å². The predicted molar refractivity (Wildman–Crippen MR) is 68.7 cm³/mol. The molecule has 1 aromatic carbocycles. The van der Waals surface area contributed by atoms with E-state index in [0.29, 0.717) is 5.92 Å². The molecule has 0 saturated heterocycles. The molecule has 0 radical (unpaired) electrons. The Hall–Kier alpha value is -1.71. The Kier molecular flexibility index (Phi) is 3.75. The number of phenols is 2. The lowest BCUT2D eigenvalue weighted by molar-refractivity contribution is 0.0918. The molecule has 0 aromatic heterocycles. The van der Waals surface area contributed by atoms with Crippen molar-refractivity contribution in [2.45, 2.75) is 38.6 Å². The number of carbonyl (C=O) groups is 1. The molecule has 4 nitrogen and oxygen atoms in total. The summed E-state index contributed by atoms with van der Waals surface area (Å²) in [6.45, 7) is 2.18. The van der Waals surface area contributed by atoms with Crippen LogP contribution in [0.5, 0.6) is 11.5 Å². The van der Waals surface area contributed by atoms with Crippen LogP contribution in [0.4, 0.5) is 0 Å². The summed E-state index contributed by atoms with van der Waals surface area (Å²) in [5, 5.41) is 21.9. The molecule has 2 atom stereocenters. The summed E-state index contributed by atoms with van der Waals surface area (Å²) in [5.74, 6) is 0.188. The molecule has 1 fully saturated rings. The van der Waals surface area contributed by atoms with Gasteiger partial charge in [-0.1, -0.05) is 19.8 Å². The van der Waals surface area contributed by atoms with Crippen LogP contribution >= 0.6 is 0 Å². The monoisotopic (exact) mass is 249 g/mol. The second-order valence-corrected chi connectivity index (χ2v) is 5.14. The third-order valence-electron chi connectivity index (χ3n) is 3.50. The second kappa shape index (κ2) is 5.29. The van der Waals surface area contributed by atoms with Crippen LogP contribution in [0.2, 0.25) is 0 Å². The average molecular weight is 249 g/mol. The Morgan fingerprint density at radius 3 is 2.83 bits per heavy atom. The van der Waals surface area contributed by atoms with Crippen LogP contribution in [0.1, 0.15) is 43.0 Å². The fourth-order valence-electron chi connectivity index (χ4n) is 2.53. The number of aromatic hydroxyl groups is 2. The van der Waals surface area contributed by atoms with Crippen LogP contribution in [0.25, 0.3) is 0 Å². The van der Waals surface area contributed by atoms with E-state index in [4.69, 9.17) is 0 Å². The van der Waals surface area contributed by atoms with E-state index in [9.17, 15) is 15.0 Å². The topological polar surface area (TPSA) is 69.6 Å². The first-order valence-electron chi connectivity index (χ1n) is 6.39. The molecule has 2 unspecified atom stereocenters. The van der Waals surface area contributed by atoms with Crippen LogP contribution in [0.3, 0.4) is 0 Å². The van der Waals surface area contributed by atoms with Crippen molar-refractivity contribution in [2.24, 2.45) is 5.92 Å². The van der Waals surface area contributed by atoms with E-state index in [1.165, 1.54) is 24.6 Å². The molecule has 2 rings (SSSR count). The van der Waals surface area contributed by atoms with Gasteiger partial charge in [-0.15, -0.1) is 0 Å². The number of hydrogen-bond donors (Lipinski definition) is 3. The molecule has 1 aliphatic rings. The number of nitrogens with one attached hydrogen (secondary N) is 1. The summed E-state index contributed by atoms with van der Waals surface area (Å²) >= 11 is 0. The maximum absolute atomic E-state index is 12.0. The molecule has 3 N–H and O–H groups in total. The largest absolute Gasteiger partial charge is 0.508 e. The molecule has 4 heteroatoms. The number of carbonyl (C=O) groups excluding carboxylic acids is 1. The van der Waals surface area contributed by atoms with Crippen molar-refractivity contribution in [3.05, 3.63) is 23.8 Å². The smallest absolute Gasteiger partial charge is 0.255 e. The highest BCUT2D eigenvalue weighted by Crippen LogP contribution is 2.25. The van der Waals surface area contributed by atoms with E-state index < -0.39 is 0 Å². The number of phenolic OH excluding ortho intramolecular Hbond substituents is 2. The van der Waals surface area contributed by atoms with Crippen molar-refractivity contribution >= 4 is 5.91 Å². The first-order chi connectivity index (χ1) is 8.56. The summed E-state index contributed by atoms with van der Waals surface area (Å²) in [6.07, 6.45) is 4.29. The van der Waals surface area contributed by atoms with E-state index in [2.05, 4.69) is 12.2 Å². The molecule has 0 bridgehead atoms. The van der Waals surface area contributed by atoms with E-state index in [0.717, 1.165) is 19.3 Å². The lowest BCUT2D eigenvalue weighted by atomic mass is 9.87. The Balaban J connectivity index is 2.05. The molecule has 18 heavy (non-hydrogen) atoms. The van der Waals surface area contributed by atoms with Crippen molar-refractivity contribution < 1.29 is 15.0 Å². The zero-order valence-electron chi connectivity index (χ0n) is 10.5. The summed E-state index contributed by atoms with van der Waals surface area (Å²) in [4.78, 5) is 12.0. The van der Waals surface area contributed by atoms with Gasteiger partial charge in [-0.3, -0.25) is 4.79 Å². The Morgan fingerprint density at radius 1 is 1.33 bits per heavy atom. The molecule has 0 aliphatic heterocycles. The second-order valence-electron chi connectivity index (χ2n) is 5.14. The third kappa shape index (κ3) is 2.94. The highest BCUT2D eigenvalue weighted by molar-refractivity contribution is 5.97. The van der Waals surface area contributed by atoms with Gasteiger partial charge in [-0.05, 0) is 37.0 Å². The molecule has 1 amide bonds. The molecular weight excluding hydrogens is 230 g/mol. The fourth-order valence-corrected chi connectivity index (χ4v) is 2.53. The van der Waals surface area contributed by atoms with Gasteiger partial charge in [0.15, 0.2) is 0 Å². The predicted octanol–water partition coefficient (Wildman–Crippen LogP) is 2.41. The SMILES string of the molecule is CC1CCCC(NC(=O)c2cc(O)ccc2O)C1. The maximum atomic E-state index is 12.0. The van der Waals surface area contributed by atoms with Gasteiger partial charge in [0.25, 0.3) is 5.91 Å². The van der Waals surface area contributed by atoms with Crippen molar-refractivity contribution in [1.82, 2.24) is 5.32 Å². The third-order valence-corrected chi connectivity index (χ3v) is 3.50. The first kappa shape index (κ1) is 12.7. The van der Waals surface area contributed by atoms with Gasteiger partial charge < -0.3 is 15.5 Å². The van der Waals surface area contributed by atoms with E-state index in [1.807, 2.05) is 0 Å². The summed E-state index contributed by atoms with van der Waals surface area (Å²) in [7, 11) is 0. The highest BCUT2D eigenvalue weighted by atomic mass is 16.3. The maximum Gasteiger partial charge on any atom is 0.255 e. The van der Waals surface area contributed by atoms with Crippen LogP contribution in [-0.4, -0.2) is 22.2 Å². The van der Waals surface area contributed by atoms with Gasteiger partial charge in [0.1, 0.15) is 11.5 Å². The Bertz CT molecular complexity index is 445. The number of hydrogen-bond acceptors (Lipinski definition) is 3. The molecule has 1 aliphatic carbocycles. The van der Waals surface area contributed by atoms with Gasteiger partial charge >= 0.3 is 0 Å². The van der Waals surface area contributed by atoms with E-state index in [1.54, 1.807) is 0 Å². The van der Waals surface area contributed by atoms with Crippen molar-refractivity contribution in [2.75, 3.05) is 0 Å². The van der Waals surface area contributed by atoms with Crippen LogP contribution < -0.4 is 5.32 Å². The van der Waals surface area contributed by atoms with Gasteiger partial charge in [-0.25, -0.2) is 0 Å². The van der Waals surface area contributed by atoms with Crippen molar-refractivity contribution in [1.29, 1.82) is 0 Å². The molecule has 0 spiro atoms. The van der Waals surface area contributed by atoms with Crippen molar-refractivity contribution in [3.63, 3.8) is 0 Å². The van der Waals surface area contributed by atoms with Gasteiger partial charge in [0.2, 0.25) is 0 Å². The molecule has 1 saturated carbocycles.